The normalized spacial score (nSPS) is 16.3. The molecule has 1 aliphatic rings. The molecular formula is C36H36F2N4O4. The first-order valence-electron chi connectivity index (χ1n) is 15.7. The zero-order chi connectivity index (χ0) is 32.0. The number of carboxylic acids is 1. The zero-order valence-corrected chi connectivity index (χ0v) is 25.4. The van der Waals surface area contributed by atoms with Gasteiger partial charge >= 0.3 is 5.97 Å². The number of aromatic nitrogens is 3. The summed E-state index contributed by atoms with van der Waals surface area (Å²) in [4.78, 5) is 34.8. The number of hydrogen-bond acceptors (Lipinski definition) is 4. The van der Waals surface area contributed by atoms with Crippen molar-refractivity contribution >= 4 is 22.8 Å². The van der Waals surface area contributed by atoms with Crippen LogP contribution in [-0.4, -0.2) is 38.5 Å². The first-order valence-corrected chi connectivity index (χ1v) is 15.7. The van der Waals surface area contributed by atoms with E-state index in [1.807, 2.05) is 30.3 Å². The van der Waals surface area contributed by atoms with Crippen LogP contribution in [0.15, 0.2) is 67.0 Å². The fourth-order valence-electron chi connectivity index (χ4n) is 6.20. The summed E-state index contributed by atoms with van der Waals surface area (Å²) < 4.78 is 36.8. The molecule has 1 unspecified atom stereocenters. The van der Waals surface area contributed by atoms with Gasteiger partial charge in [0.15, 0.2) is 11.6 Å². The van der Waals surface area contributed by atoms with E-state index >= 15 is 8.78 Å². The zero-order valence-electron chi connectivity index (χ0n) is 25.4. The summed E-state index contributed by atoms with van der Waals surface area (Å²) in [5.74, 6) is -1.61. The summed E-state index contributed by atoms with van der Waals surface area (Å²) in [6, 6.07) is 15.3. The van der Waals surface area contributed by atoms with Crippen LogP contribution in [0.3, 0.4) is 0 Å². The van der Waals surface area contributed by atoms with Gasteiger partial charge in [-0.25, -0.2) is 13.8 Å². The number of imidazole rings is 1. The summed E-state index contributed by atoms with van der Waals surface area (Å²) in [7, 11) is 0. The predicted molar refractivity (Wildman–Crippen MR) is 171 cm³/mol. The minimum absolute atomic E-state index is 0.00478. The molecule has 46 heavy (non-hydrogen) atoms. The molecule has 2 aromatic heterocycles. The Kier molecular flexibility index (Phi) is 9.42. The van der Waals surface area contributed by atoms with Crippen LogP contribution in [-0.2, 0) is 22.4 Å². The lowest BCUT2D eigenvalue weighted by Gasteiger charge is -2.17. The Bertz CT molecular complexity index is 1860. The molecule has 3 heterocycles. The lowest BCUT2D eigenvalue weighted by molar-refractivity contribution is -0.137. The molecule has 10 heteroatoms. The fourth-order valence-corrected chi connectivity index (χ4v) is 6.20. The lowest BCUT2D eigenvalue weighted by atomic mass is 9.89. The van der Waals surface area contributed by atoms with Crippen molar-refractivity contribution in [2.75, 3.05) is 6.54 Å². The molecule has 3 aromatic carbocycles. The number of fused-ring (bicyclic) bond motifs is 8. The van der Waals surface area contributed by atoms with Gasteiger partial charge in [0, 0.05) is 65.9 Å². The largest absolute Gasteiger partial charge is 0.481 e. The molecule has 0 aliphatic carbocycles. The summed E-state index contributed by atoms with van der Waals surface area (Å²) in [6.45, 7) is 0.558. The van der Waals surface area contributed by atoms with Crippen molar-refractivity contribution in [2.45, 2.75) is 63.7 Å². The van der Waals surface area contributed by atoms with Gasteiger partial charge in [0.2, 0.25) is 5.91 Å². The average molecular weight is 627 g/mol. The molecule has 0 saturated carbocycles. The molecule has 0 fully saturated rings. The standard InChI is InChI=1S/C36H36F2N4O4/c37-29-12-10-24-19-28(29)36-41-21-32(42-36)25(23-7-5-6-22(18-23)9-14-34(44)45)8-3-1-2-4-16-40-33(43)13-11-27-26-15-17-39-31(26)20-30(38)35(27)46-24/h5-7,10,12,15,17-21,25,39H,1-4,8-9,11,13-14,16H2,(H,40,43)(H,41,42)(H,44,45). The van der Waals surface area contributed by atoms with Crippen molar-refractivity contribution < 1.29 is 28.2 Å². The molecule has 0 radical (unpaired) electrons. The third-order valence-corrected chi connectivity index (χ3v) is 8.57. The third kappa shape index (κ3) is 7.11. The van der Waals surface area contributed by atoms with Crippen molar-refractivity contribution in [3.8, 4) is 22.9 Å². The monoisotopic (exact) mass is 626 g/mol. The number of benzene rings is 3. The number of carbonyl (C=O) groups is 2. The van der Waals surface area contributed by atoms with Gasteiger partial charge in [0.05, 0.1) is 5.56 Å². The van der Waals surface area contributed by atoms with Crippen molar-refractivity contribution in [2.24, 2.45) is 0 Å². The van der Waals surface area contributed by atoms with Crippen LogP contribution in [0.4, 0.5) is 8.78 Å². The first kappa shape index (κ1) is 31.0. The maximum absolute atomic E-state index is 15.5. The van der Waals surface area contributed by atoms with Crippen LogP contribution in [0.2, 0.25) is 0 Å². The molecule has 1 amide bonds. The number of aryl methyl sites for hydroxylation is 2. The predicted octanol–water partition coefficient (Wildman–Crippen LogP) is 7.79. The lowest BCUT2D eigenvalue weighted by Crippen LogP contribution is -2.24. The van der Waals surface area contributed by atoms with Crippen molar-refractivity contribution in [1.29, 1.82) is 0 Å². The number of ether oxygens (including phenoxy) is 1. The Morgan fingerprint density at radius 3 is 2.74 bits per heavy atom. The second kappa shape index (κ2) is 14.0. The molecule has 1 aliphatic heterocycles. The Labute approximate surface area is 265 Å². The second-order valence-corrected chi connectivity index (χ2v) is 11.8. The molecule has 1 atom stereocenters. The summed E-state index contributed by atoms with van der Waals surface area (Å²) >= 11 is 0. The van der Waals surface area contributed by atoms with E-state index in [0.29, 0.717) is 29.9 Å². The van der Waals surface area contributed by atoms with Crippen molar-refractivity contribution in [3.63, 3.8) is 0 Å². The second-order valence-electron chi connectivity index (χ2n) is 11.8. The molecular weight excluding hydrogens is 590 g/mol. The van der Waals surface area contributed by atoms with E-state index in [1.54, 1.807) is 12.4 Å². The van der Waals surface area contributed by atoms with Crippen LogP contribution < -0.4 is 10.1 Å². The van der Waals surface area contributed by atoms with E-state index in [2.05, 4.69) is 20.3 Å². The number of hydrogen-bond donors (Lipinski definition) is 4. The van der Waals surface area contributed by atoms with Gasteiger partial charge in [-0.2, -0.15) is 0 Å². The van der Waals surface area contributed by atoms with Crippen molar-refractivity contribution in [1.82, 2.24) is 20.3 Å². The van der Waals surface area contributed by atoms with Gasteiger partial charge in [-0.3, -0.25) is 9.59 Å². The number of aromatic amines is 2. The number of H-pyrrole nitrogens is 2. The Morgan fingerprint density at radius 1 is 1.00 bits per heavy atom. The fraction of sp³-hybridized carbons (Fsp3) is 0.306. The minimum atomic E-state index is -0.848. The number of aliphatic carboxylic acids is 1. The highest BCUT2D eigenvalue weighted by Gasteiger charge is 2.22. The number of halogens is 2. The highest BCUT2D eigenvalue weighted by Crippen LogP contribution is 2.37. The molecule has 0 spiro atoms. The van der Waals surface area contributed by atoms with Crippen LogP contribution in [0.5, 0.6) is 11.5 Å². The highest BCUT2D eigenvalue weighted by molar-refractivity contribution is 5.86. The van der Waals surface area contributed by atoms with Crippen molar-refractivity contribution in [3.05, 3.63) is 101 Å². The minimum Gasteiger partial charge on any atom is -0.481 e. The van der Waals surface area contributed by atoms with E-state index in [1.165, 1.54) is 24.3 Å². The maximum atomic E-state index is 15.5. The van der Waals surface area contributed by atoms with Gasteiger partial charge < -0.3 is 25.1 Å². The Morgan fingerprint density at radius 2 is 1.87 bits per heavy atom. The topological polar surface area (TPSA) is 120 Å². The maximum Gasteiger partial charge on any atom is 0.303 e. The number of carboxylic acid groups (broad SMARTS) is 1. The van der Waals surface area contributed by atoms with E-state index < -0.39 is 17.6 Å². The van der Waals surface area contributed by atoms with E-state index in [9.17, 15) is 9.59 Å². The van der Waals surface area contributed by atoms with E-state index in [0.717, 1.165) is 54.3 Å². The van der Waals surface area contributed by atoms with Gasteiger partial charge in [0.1, 0.15) is 17.4 Å². The number of rotatable bonds is 4. The quantitative estimate of drug-likeness (QED) is 0.162. The first-order chi connectivity index (χ1) is 22.4. The summed E-state index contributed by atoms with van der Waals surface area (Å²) in [5, 5.41) is 12.9. The number of amides is 1. The third-order valence-electron chi connectivity index (χ3n) is 8.57. The summed E-state index contributed by atoms with van der Waals surface area (Å²) in [6.07, 6.45) is 8.76. The van der Waals surface area contributed by atoms with Gasteiger partial charge in [-0.1, -0.05) is 43.5 Å². The number of nitrogens with one attached hydrogen (secondary N) is 3. The van der Waals surface area contributed by atoms with Gasteiger partial charge in [-0.05, 0) is 61.1 Å². The average Bonchev–Trinajstić information content (AvgIpc) is 3.72. The van der Waals surface area contributed by atoms with E-state index in [-0.39, 0.29) is 48.2 Å². The molecule has 8 nitrogen and oxygen atoms in total. The Balaban J connectivity index is 1.37. The molecule has 4 N–H and O–H groups in total. The van der Waals surface area contributed by atoms with Crippen LogP contribution in [0, 0.1) is 11.6 Å². The molecule has 4 bridgehead atoms. The Hall–Kier alpha value is -4.99. The highest BCUT2D eigenvalue weighted by atomic mass is 19.1. The summed E-state index contributed by atoms with van der Waals surface area (Å²) in [5.41, 5.74) is 4.09. The SMILES string of the molecule is O=C(O)CCc1cccc(C2CCCCCCNC(=O)CCc3c(c(F)cc4[nH]ccc34)Oc3ccc(F)c(c3)-c3ncc2[nH]3)c1. The van der Waals surface area contributed by atoms with Gasteiger partial charge in [-0.15, -0.1) is 0 Å². The number of nitrogens with zero attached hydrogens (tertiary/aromatic N) is 1. The van der Waals surface area contributed by atoms with E-state index in [4.69, 9.17) is 9.84 Å². The smallest absolute Gasteiger partial charge is 0.303 e. The van der Waals surface area contributed by atoms with Gasteiger partial charge in [0.25, 0.3) is 0 Å². The van der Waals surface area contributed by atoms with Crippen LogP contribution >= 0.6 is 0 Å². The molecule has 238 valence electrons. The van der Waals surface area contributed by atoms with Crippen LogP contribution in [0.1, 0.15) is 73.2 Å². The molecule has 0 saturated heterocycles. The molecule has 6 rings (SSSR count). The number of carbonyl (C=O) groups excluding carboxylic acids is 1. The van der Waals surface area contributed by atoms with Crippen LogP contribution in [0.25, 0.3) is 22.3 Å². The molecule has 5 aromatic rings.